The predicted molar refractivity (Wildman–Crippen MR) is 354 cm³/mol. The summed E-state index contributed by atoms with van der Waals surface area (Å²) < 4.78 is 68.1. The van der Waals surface area contributed by atoms with Gasteiger partial charge in [-0.3, -0.25) is 37.3 Å². The third-order valence-electron chi connectivity index (χ3n) is 15.6. The van der Waals surface area contributed by atoms with Gasteiger partial charge in [-0.15, -0.1) is 0 Å². The minimum Gasteiger partial charge on any atom is -0.462 e. The van der Waals surface area contributed by atoms with Crippen LogP contribution >= 0.6 is 15.6 Å². The Balaban J connectivity index is 5.27. The van der Waals surface area contributed by atoms with E-state index in [4.69, 9.17) is 37.0 Å². The highest BCUT2D eigenvalue weighted by Gasteiger charge is 2.30. The van der Waals surface area contributed by atoms with Crippen LogP contribution in [-0.2, 0) is 65.4 Å². The Morgan fingerprint density at radius 2 is 0.670 bits per heavy atom. The van der Waals surface area contributed by atoms with E-state index in [1.165, 1.54) is 103 Å². The normalized spacial score (nSPS) is 14.7. The first-order valence-electron chi connectivity index (χ1n) is 35.2. The van der Waals surface area contributed by atoms with Crippen molar-refractivity contribution < 1.29 is 80.2 Å². The van der Waals surface area contributed by atoms with Crippen LogP contribution in [0.3, 0.4) is 0 Å². The van der Waals surface area contributed by atoms with Crippen LogP contribution < -0.4 is 0 Å². The van der Waals surface area contributed by atoms with Gasteiger partial charge in [0.1, 0.15) is 19.3 Å². The van der Waals surface area contributed by atoms with Crippen molar-refractivity contribution in [2.45, 2.75) is 336 Å². The largest absolute Gasteiger partial charge is 0.472 e. The molecule has 0 amide bonds. The molecule has 19 heteroatoms. The van der Waals surface area contributed by atoms with Gasteiger partial charge in [0, 0.05) is 25.7 Å². The number of aliphatic hydroxyl groups is 1. The van der Waals surface area contributed by atoms with Crippen LogP contribution in [0.25, 0.3) is 0 Å². The summed E-state index contributed by atoms with van der Waals surface area (Å²) >= 11 is 0. The Bertz CT molecular complexity index is 1830. The van der Waals surface area contributed by atoms with Crippen LogP contribution in [-0.4, -0.2) is 96.7 Å². The lowest BCUT2D eigenvalue weighted by Gasteiger charge is -2.21. The van der Waals surface area contributed by atoms with E-state index in [9.17, 15) is 43.2 Å². The number of hydrogen-bond acceptors (Lipinski definition) is 15. The second-order valence-electron chi connectivity index (χ2n) is 25.4. The van der Waals surface area contributed by atoms with E-state index in [2.05, 4.69) is 72.8 Å². The molecule has 0 aliphatic heterocycles. The van der Waals surface area contributed by atoms with Crippen LogP contribution in [0.15, 0.2) is 24.3 Å². The molecule has 0 bridgehead atoms. The molecular formula is C69H130O17P2. The second-order valence-corrected chi connectivity index (χ2v) is 28.3. The molecule has 0 aliphatic rings. The highest BCUT2D eigenvalue weighted by atomic mass is 31.2. The molecule has 6 atom stereocenters. The number of unbranched alkanes of at least 4 members (excludes halogenated alkanes) is 29. The van der Waals surface area contributed by atoms with Gasteiger partial charge >= 0.3 is 39.5 Å². The topological polar surface area (TPSA) is 237 Å². The number of carbonyl (C=O) groups excluding carboxylic acids is 4. The number of rotatable bonds is 65. The lowest BCUT2D eigenvalue weighted by molar-refractivity contribution is -0.161. The zero-order chi connectivity index (χ0) is 65.2. The molecule has 0 rings (SSSR count). The Hall–Kier alpha value is -2.46. The summed E-state index contributed by atoms with van der Waals surface area (Å²) in [5.41, 5.74) is 0. The molecule has 0 aromatic carbocycles. The van der Waals surface area contributed by atoms with Crippen molar-refractivity contribution >= 4 is 39.5 Å². The molecule has 0 saturated heterocycles. The van der Waals surface area contributed by atoms with E-state index in [1.54, 1.807) is 0 Å². The molecule has 0 aromatic heterocycles. The van der Waals surface area contributed by atoms with Crippen molar-refractivity contribution in [3.05, 3.63) is 24.3 Å². The van der Waals surface area contributed by atoms with Crippen LogP contribution in [0.5, 0.6) is 0 Å². The van der Waals surface area contributed by atoms with Gasteiger partial charge in [0.25, 0.3) is 0 Å². The van der Waals surface area contributed by atoms with Crippen molar-refractivity contribution in [3.63, 3.8) is 0 Å². The van der Waals surface area contributed by atoms with Gasteiger partial charge in [-0.25, -0.2) is 9.13 Å². The highest BCUT2D eigenvalue weighted by Crippen LogP contribution is 2.45. The zero-order valence-corrected chi connectivity index (χ0v) is 58.5. The fourth-order valence-corrected chi connectivity index (χ4v) is 11.4. The highest BCUT2D eigenvalue weighted by molar-refractivity contribution is 7.47. The van der Waals surface area contributed by atoms with Gasteiger partial charge in [-0.2, -0.15) is 0 Å². The van der Waals surface area contributed by atoms with Gasteiger partial charge in [-0.1, -0.05) is 265 Å². The molecule has 0 radical (unpaired) electrons. The van der Waals surface area contributed by atoms with Crippen LogP contribution in [0.1, 0.15) is 318 Å². The maximum absolute atomic E-state index is 13.0. The minimum atomic E-state index is -4.96. The average molecular weight is 1290 g/mol. The Morgan fingerprint density at radius 3 is 1.01 bits per heavy atom. The Labute approximate surface area is 535 Å². The van der Waals surface area contributed by atoms with Crippen LogP contribution in [0.2, 0.25) is 0 Å². The smallest absolute Gasteiger partial charge is 0.462 e. The molecule has 3 N–H and O–H groups in total. The van der Waals surface area contributed by atoms with Crippen molar-refractivity contribution in [2.24, 2.45) is 17.8 Å². The first-order valence-corrected chi connectivity index (χ1v) is 38.2. The van der Waals surface area contributed by atoms with Gasteiger partial charge < -0.3 is 33.8 Å². The van der Waals surface area contributed by atoms with Crippen LogP contribution in [0.4, 0.5) is 0 Å². The lowest BCUT2D eigenvalue weighted by Crippen LogP contribution is -2.30. The fourth-order valence-electron chi connectivity index (χ4n) is 9.79. The van der Waals surface area contributed by atoms with Crippen LogP contribution in [0, 0.1) is 17.8 Å². The Kier molecular flexibility index (Phi) is 57.9. The number of esters is 4. The number of allylic oxidation sites excluding steroid dienone is 4. The fraction of sp³-hybridized carbons (Fsp3) is 0.884. The molecule has 88 heavy (non-hydrogen) atoms. The first-order chi connectivity index (χ1) is 42.3. The number of ether oxygens (including phenoxy) is 4. The number of phosphoric ester groups is 2. The number of phosphoric acid groups is 2. The SMILES string of the molecule is CCCCCC/C=C\C=C/CCCCCCCC(=O)OC[C@H](COP(=O)(O)OC[C@@H](O)COP(=O)(O)OC[C@@H](COC(=O)CCCCCCCCC(C)CC)OC(=O)CCCCCCCCCCCCC(C)C)OC(=O)CCCCCCCCCC(C)C. The van der Waals surface area contributed by atoms with Gasteiger partial charge in [0.2, 0.25) is 0 Å². The van der Waals surface area contributed by atoms with E-state index in [1.807, 2.05) is 0 Å². The summed E-state index contributed by atoms with van der Waals surface area (Å²) in [6.45, 7) is 11.6. The molecule has 3 unspecified atom stereocenters. The summed E-state index contributed by atoms with van der Waals surface area (Å²) in [6.07, 6.45) is 45.4. The van der Waals surface area contributed by atoms with E-state index in [0.29, 0.717) is 31.6 Å². The lowest BCUT2D eigenvalue weighted by atomic mass is 10.00. The van der Waals surface area contributed by atoms with E-state index in [-0.39, 0.29) is 25.7 Å². The summed E-state index contributed by atoms with van der Waals surface area (Å²) in [7, 11) is -9.91. The third-order valence-corrected chi connectivity index (χ3v) is 17.5. The standard InChI is InChI=1S/C69H130O17P2/c1-8-10-11-12-13-14-15-16-17-18-19-23-28-36-43-50-66(71)79-56-64(86-69(74)53-46-39-30-25-27-34-41-48-61(5)6)58-83-87(75,76)81-54-63(70)55-82-88(77,78)84-59-65(57-80-67(72)51-44-37-32-31-35-42-49-62(7)9-2)85-68(73)52-45-38-29-24-21-20-22-26-33-40-47-60(3)4/h14-17,60-65,70H,8-13,18-59H2,1-7H3,(H,75,76)(H,77,78)/b15-14-,17-16-/t62?,63-,64-,65-/m1/s1. The molecular weight excluding hydrogens is 1160 g/mol. The monoisotopic (exact) mass is 1290 g/mol. The zero-order valence-electron chi connectivity index (χ0n) is 56.7. The molecule has 0 aromatic rings. The van der Waals surface area contributed by atoms with Crippen molar-refractivity contribution in [1.82, 2.24) is 0 Å². The molecule has 518 valence electrons. The molecule has 0 saturated carbocycles. The van der Waals surface area contributed by atoms with Crippen molar-refractivity contribution in [3.8, 4) is 0 Å². The summed E-state index contributed by atoms with van der Waals surface area (Å²) in [4.78, 5) is 72.4. The first kappa shape index (κ1) is 85.5. The average Bonchev–Trinajstić information content (AvgIpc) is 3.48. The van der Waals surface area contributed by atoms with Gasteiger partial charge in [0.05, 0.1) is 26.4 Å². The second kappa shape index (κ2) is 59.5. The molecule has 0 spiro atoms. The maximum atomic E-state index is 13.0. The van der Waals surface area contributed by atoms with Gasteiger partial charge in [0.15, 0.2) is 12.2 Å². The van der Waals surface area contributed by atoms with Gasteiger partial charge in [-0.05, 0) is 69.1 Å². The molecule has 17 nitrogen and oxygen atoms in total. The van der Waals surface area contributed by atoms with Crippen molar-refractivity contribution in [2.75, 3.05) is 39.6 Å². The van der Waals surface area contributed by atoms with E-state index < -0.39 is 97.5 Å². The Morgan fingerprint density at radius 1 is 0.375 bits per heavy atom. The predicted octanol–water partition coefficient (Wildman–Crippen LogP) is 19.0. The number of carbonyl (C=O) groups is 4. The summed E-state index contributed by atoms with van der Waals surface area (Å²) in [6, 6.07) is 0. The summed E-state index contributed by atoms with van der Waals surface area (Å²) in [5, 5.41) is 10.6. The molecule has 0 heterocycles. The van der Waals surface area contributed by atoms with Crippen molar-refractivity contribution in [1.29, 1.82) is 0 Å². The number of hydrogen-bond donors (Lipinski definition) is 3. The molecule has 0 fully saturated rings. The molecule has 0 aliphatic carbocycles. The van der Waals surface area contributed by atoms with E-state index >= 15 is 0 Å². The number of aliphatic hydroxyl groups excluding tert-OH is 1. The summed E-state index contributed by atoms with van der Waals surface area (Å²) in [5.74, 6) is 0.00975. The minimum absolute atomic E-state index is 0.0961. The maximum Gasteiger partial charge on any atom is 0.472 e. The van der Waals surface area contributed by atoms with E-state index in [0.717, 1.165) is 127 Å². The third kappa shape index (κ3) is 61.1. The quantitative estimate of drug-likeness (QED) is 0.0169.